The first-order chi connectivity index (χ1) is 9.11. The summed E-state index contributed by atoms with van der Waals surface area (Å²) in [7, 11) is 0. The van der Waals surface area contributed by atoms with Gasteiger partial charge in [-0.25, -0.2) is 4.98 Å². The van der Waals surface area contributed by atoms with E-state index in [1.54, 1.807) is 0 Å². The van der Waals surface area contributed by atoms with Crippen LogP contribution in [-0.4, -0.2) is 28.5 Å². The summed E-state index contributed by atoms with van der Waals surface area (Å²) in [6.45, 7) is 4.44. The van der Waals surface area contributed by atoms with Crippen LogP contribution in [0.15, 0.2) is 30.5 Å². The maximum Gasteiger partial charge on any atom is 0.271 e. The SMILES string of the molecule is CC(C)C(CN)NC(=O)c1cnc2ccccc2n1. The van der Waals surface area contributed by atoms with Gasteiger partial charge in [-0.15, -0.1) is 0 Å². The minimum Gasteiger partial charge on any atom is -0.346 e. The Morgan fingerprint density at radius 3 is 2.63 bits per heavy atom. The molecule has 5 heteroatoms. The summed E-state index contributed by atoms with van der Waals surface area (Å²) in [5.41, 5.74) is 7.45. The summed E-state index contributed by atoms with van der Waals surface area (Å²) in [4.78, 5) is 20.6. The van der Waals surface area contributed by atoms with Crippen LogP contribution in [0.5, 0.6) is 0 Å². The average Bonchev–Trinajstić information content (AvgIpc) is 2.43. The van der Waals surface area contributed by atoms with E-state index in [0.29, 0.717) is 17.8 Å². The maximum atomic E-state index is 12.1. The van der Waals surface area contributed by atoms with Crippen molar-refractivity contribution < 1.29 is 4.79 Å². The van der Waals surface area contributed by atoms with Crippen molar-refractivity contribution >= 4 is 16.9 Å². The van der Waals surface area contributed by atoms with E-state index in [1.165, 1.54) is 6.20 Å². The highest BCUT2D eigenvalue weighted by atomic mass is 16.1. The van der Waals surface area contributed by atoms with Gasteiger partial charge in [0.25, 0.3) is 5.91 Å². The summed E-state index contributed by atoms with van der Waals surface area (Å²) < 4.78 is 0. The van der Waals surface area contributed by atoms with Crippen LogP contribution in [-0.2, 0) is 0 Å². The molecule has 0 bridgehead atoms. The van der Waals surface area contributed by atoms with Crippen LogP contribution in [0.2, 0.25) is 0 Å². The number of rotatable bonds is 4. The predicted octanol–water partition coefficient (Wildman–Crippen LogP) is 1.34. The lowest BCUT2D eigenvalue weighted by atomic mass is 10.0. The van der Waals surface area contributed by atoms with Gasteiger partial charge in [-0.05, 0) is 18.1 Å². The Hall–Kier alpha value is -2.01. The van der Waals surface area contributed by atoms with Crippen molar-refractivity contribution in [2.45, 2.75) is 19.9 Å². The Morgan fingerprint density at radius 2 is 2.00 bits per heavy atom. The van der Waals surface area contributed by atoms with Crippen molar-refractivity contribution in [3.8, 4) is 0 Å². The van der Waals surface area contributed by atoms with Crippen molar-refractivity contribution in [3.05, 3.63) is 36.2 Å². The largest absolute Gasteiger partial charge is 0.346 e. The number of nitrogens with two attached hydrogens (primary N) is 1. The number of benzene rings is 1. The number of carbonyl (C=O) groups is 1. The van der Waals surface area contributed by atoms with Crippen molar-refractivity contribution in [1.29, 1.82) is 0 Å². The summed E-state index contributed by atoms with van der Waals surface area (Å²) in [5, 5.41) is 2.88. The van der Waals surface area contributed by atoms with Gasteiger partial charge >= 0.3 is 0 Å². The van der Waals surface area contributed by atoms with E-state index in [1.807, 2.05) is 38.1 Å². The molecule has 1 aromatic heterocycles. The maximum absolute atomic E-state index is 12.1. The first kappa shape index (κ1) is 13.4. The second kappa shape index (κ2) is 5.75. The molecule has 100 valence electrons. The number of hydrogen-bond acceptors (Lipinski definition) is 4. The molecule has 1 aromatic carbocycles. The zero-order chi connectivity index (χ0) is 13.8. The van der Waals surface area contributed by atoms with E-state index >= 15 is 0 Å². The molecule has 0 fully saturated rings. The third-order valence-electron chi connectivity index (χ3n) is 3.06. The van der Waals surface area contributed by atoms with Gasteiger partial charge in [0.1, 0.15) is 5.69 Å². The highest BCUT2D eigenvalue weighted by Crippen LogP contribution is 2.09. The van der Waals surface area contributed by atoms with Crippen molar-refractivity contribution in [3.63, 3.8) is 0 Å². The number of hydrogen-bond donors (Lipinski definition) is 2. The zero-order valence-electron chi connectivity index (χ0n) is 11.1. The van der Waals surface area contributed by atoms with Gasteiger partial charge < -0.3 is 11.1 Å². The first-order valence-electron chi connectivity index (χ1n) is 6.34. The minimum absolute atomic E-state index is 0.0548. The Balaban J connectivity index is 2.21. The van der Waals surface area contributed by atoms with Crippen LogP contribution >= 0.6 is 0 Å². The Kier molecular flexibility index (Phi) is 4.06. The van der Waals surface area contributed by atoms with E-state index in [4.69, 9.17) is 5.73 Å². The molecule has 3 N–H and O–H groups in total. The lowest BCUT2D eigenvalue weighted by molar-refractivity contribution is 0.0922. The second-order valence-electron chi connectivity index (χ2n) is 4.80. The molecule has 0 saturated carbocycles. The lowest BCUT2D eigenvalue weighted by Crippen LogP contribution is -2.43. The Morgan fingerprint density at radius 1 is 1.32 bits per heavy atom. The molecule has 1 atom stereocenters. The summed E-state index contributed by atoms with van der Waals surface area (Å²) in [5.74, 6) is 0.0461. The van der Waals surface area contributed by atoms with Crippen LogP contribution < -0.4 is 11.1 Å². The molecular formula is C14H18N4O. The van der Waals surface area contributed by atoms with Gasteiger partial charge in [-0.1, -0.05) is 26.0 Å². The molecule has 0 saturated heterocycles. The van der Waals surface area contributed by atoms with Gasteiger partial charge in [-0.2, -0.15) is 0 Å². The monoisotopic (exact) mass is 258 g/mol. The molecule has 0 radical (unpaired) electrons. The summed E-state index contributed by atoms with van der Waals surface area (Å²) >= 11 is 0. The molecule has 0 aliphatic heterocycles. The fourth-order valence-electron chi connectivity index (χ4n) is 1.81. The van der Waals surface area contributed by atoms with E-state index in [2.05, 4.69) is 15.3 Å². The number of para-hydroxylation sites is 2. The predicted molar refractivity (Wildman–Crippen MR) is 74.7 cm³/mol. The van der Waals surface area contributed by atoms with Gasteiger partial charge in [0.2, 0.25) is 0 Å². The van der Waals surface area contributed by atoms with Gasteiger partial charge in [0.05, 0.1) is 17.2 Å². The molecule has 0 aliphatic rings. The molecule has 19 heavy (non-hydrogen) atoms. The topological polar surface area (TPSA) is 80.9 Å². The molecule has 1 amide bonds. The van der Waals surface area contributed by atoms with Gasteiger partial charge in [0.15, 0.2) is 0 Å². The number of aromatic nitrogens is 2. The van der Waals surface area contributed by atoms with Crippen LogP contribution in [0.25, 0.3) is 11.0 Å². The van der Waals surface area contributed by atoms with Crippen LogP contribution in [0.1, 0.15) is 24.3 Å². The third kappa shape index (κ3) is 3.06. The second-order valence-corrected chi connectivity index (χ2v) is 4.80. The zero-order valence-corrected chi connectivity index (χ0v) is 11.1. The Bertz CT molecular complexity index is 582. The van der Waals surface area contributed by atoms with Gasteiger partial charge in [0, 0.05) is 12.6 Å². The van der Waals surface area contributed by atoms with E-state index in [0.717, 1.165) is 5.52 Å². The van der Waals surface area contributed by atoms with Crippen LogP contribution in [0.4, 0.5) is 0 Å². The lowest BCUT2D eigenvalue weighted by Gasteiger charge is -2.20. The number of amides is 1. The molecule has 0 spiro atoms. The molecular weight excluding hydrogens is 240 g/mol. The first-order valence-corrected chi connectivity index (χ1v) is 6.34. The van der Waals surface area contributed by atoms with Crippen molar-refractivity contribution in [1.82, 2.24) is 15.3 Å². The minimum atomic E-state index is -0.234. The fourth-order valence-corrected chi connectivity index (χ4v) is 1.81. The number of nitrogens with zero attached hydrogens (tertiary/aromatic N) is 2. The van der Waals surface area contributed by atoms with Crippen molar-refractivity contribution in [2.75, 3.05) is 6.54 Å². The van der Waals surface area contributed by atoms with E-state index in [9.17, 15) is 4.79 Å². The Labute approximate surface area is 112 Å². The average molecular weight is 258 g/mol. The number of fused-ring (bicyclic) bond motifs is 1. The standard InChI is InChI=1S/C14H18N4O/c1-9(2)12(7-15)18-14(19)13-8-16-10-5-3-4-6-11(10)17-13/h3-6,8-9,12H,7,15H2,1-2H3,(H,18,19). The fraction of sp³-hybridized carbons (Fsp3) is 0.357. The molecule has 1 heterocycles. The number of nitrogens with one attached hydrogen (secondary N) is 1. The molecule has 2 aromatic rings. The smallest absolute Gasteiger partial charge is 0.271 e. The number of carbonyl (C=O) groups excluding carboxylic acids is 1. The van der Waals surface area contributed by atoms with Crippen LogP contribution in [0, 0.1) is 5.92 Å². The molecule has 2 rings (SSSR count). The quantitative estimate of drug-likeness (QED) is 0.867. The van der Waals surface area contributed by atoms with Gasteiger partial charge in [-0.3, -0.25) is 9.78 Å². The molecule has 0 aliphatic carbocycles. The highest BCUT2D eigenvalue weighted by Gasteiger charge is 2.16. The summed E-state index contributed by atoms with van der Waals surface area (Å²) in [6, 6.07) is 7.40. The normalized spacial score (nSPS) is 12.6. The molecule has 1 unspecified atom stereocenters. The third-order valence-corrected chi connectivity index (χ3v) is 3.06. The highest BCUT2D eigenvalue weighted by molar-refractivity contribution is 5.93. The summed E-state index contributed by atoms with van der Waals surface area (Å²) in [6.07, 6.45) is 1.49. The van der Waals surface area contributed by atoms with E-state index < -0.39 is 0 Å². The van der Waals surface area contributed by atoms with Crippen LogP contribution in [0.3, 0.4) is 0 Å². The van der Waals surface area contributed by atoms with Crippen molar-refractivity contribution in [2.24, 2.45) is 11.7 Å². The van der Waals surface area contributed by atoms with E-state index in [-0.39, 0.29) is 17.9 Å². The molecule has 5 nitrogen and oxygen atoms in total.